The van der Waals surface area contributed by atoms with E-state index in [1.165, 1.54) is 0 Å². The van der Waals surface area contributed by atoms with E-state index >= 15 is 0 Å². The Bertz CT molecular complexity index is 923. The second-order valence-corrected chi connectivity index (χ2v) is 7.99. The van der Waals surface area contributed by atoms with Crippen molar-refractivity contribution in [2.75, 3.05) is 19.7 Å². The molecule has 3 fully saturated rings. The van der Waals surface area contributed by atoms with Crippen LogP contribution in [0.5, 0.6) is 0 Å². The summed E-state index contributed by atoms with van der Waals surface area (Å²) in [6.45, 7) is 1.77. The first-order chi connectivity index (χ1) is 12.1. The Hall–Kier alpha value is -1.89. The molecule has 1 aliphatic carbocycles. The van der Waals surface area contributed by atoms with Crippen LogP contribution >= 0.6 is 0 Å². The molecule has 6 rings (SSSR count). The number of aromatic nitrogens is 1. The van der Waals surface area contributed by atoms with Crippen LogP contribution in [0.25, 0.3) is 10.9 Å². The molecule has 1 aromatic heterocycles. The predicted molar refractivity (Wildman–Crippen MR) is 89.0 cm³/mol. The Labute approximate surface area is 144 Å². The second kappa shape index (κ2) is 4.26. The monoisotopic (exact) mass is 340 g/mol. The average Bonchev–Trinajstić information content (AvgIpc) is 3.19. The number of fused-ring (bicyclic) bond motifs is 4. The van der Waals surface area contributed by atoms with Gasteiger partial charge >= 0.3 is 5.97 Å². The highest BCUT2D eigenvalue weighted by molar-refractivity contribution is 5.91. The maximum atomic E-state index is 12.6. The lowest BCUT2D eigenvalue weighted by molar-refractivity contribution is -0.231. The topological polar surface area (TPSA) is 85.8 Å². The molecular weight excluding hydrogens is 320 g/mol. The average molecular weight is 340 g/mol. The van der Waals surface area contributed by atoms with Crippen molar-refractivity contribution in [1.82, 2.24) is 9.88 Å². The van der Waals surface area contributed by atoms with Gasteiger partial charge in [0, 0.05) is 34.5 Å². The number of carboxylic acid groups (broad SMARTS) is 1. The van der Waals surface area contributed by atoms with Gasteiger partial charge in [-0.05, 0) is 37.6 Å². The summed E-state index contributed by atoms with van der Waals surface area (Å²) in [6.07, 6.45) is 1.48. The first-order valence-corrected chi connectivity index (χ1v) is 9.02. The van der Waals surface area contributed by atoms with Gasteiger partial charge < -0.3 is 19.9 Å². The van der Waals surface area contributed by atoms with Gasteiger partial charge in [0.1, 0.15) is 5.41 Å². The summed E-state index contributed by atoms with van der Waals surface area (Å²) in [5, 5.41) is 22.9. The quantitative estimate of drug-likeness (QED) is 0.734. The highest BCUT2D eigenvalue weighted by Gasteiger charge is 2.72. The van der Waals surface area contributed by atoms with Crippen molar-refractivity contribution in [3.63, 3.8) is 0 Å². The number of rotatable bonds is 1. The van der Waals surface area contributed by atoms with Crippen LogP contribution in [0.2, 0.25) is 0 Å². The first kappa shape index (κ1) is 14.3. The number of aliphatic carboxylic acids is 1. The Morgan fingerprint density at radius 3 is 2.92 bits per heavy atom. The molecule has 6 nitrogen and oxygen atoms in total. The fourth-order valence-electron chi connectivity index (χ4n) is 6.21. The van der Waals surface area contributed by atoms with Crippen LogP contribution in [0.3, 0.4) is 0 Å². The van der Waals surface area contributed by atoms with Crippen molar-refractivity contribution in [2.45, 2.75) is 30.1 Å². The molecule has 0 saturated carbocycles. The molecule has 3 saturated heterocycles. The number of H-pyrrole nitrogens is 1. The molecule has 6 bridgehead atoms. The molecule has 4 heterocycles. The number of benzene rings is 1. The van der Waals surface area contributed by atoms with E-state index in [9.17, 15) is 15.0 Å². The number of para-hydroxylation sites is 1. The molecule has 3 aliphatic heterocycles. The van der Waals surface area contributed by atoms with Crippen LogP contribution in [0.15, 0.2) is 24.3 Å². The van der Waals surface area contributed by atoms with Gasteiger partial charge in [-0.2, -0.15) is 0 Å². The van der Waals surface area contributed by atoms with Crippen LogP contribution in [0.1, 0.15) is 30.1 Å². The van der Waals surface area contributed by atoms with Gasteiger partial charge in [-0.1, -0.05) is 18.2 Å². The number of ether oxygens (including phenoxy) is 1. The van der Waals surface area contributed by atoms with Gasteiger partial charge in [-0.25, -0.2) is 0 Å². The van der Waals surface area contributed by atoms with Crippen molar-refractivity contribution in [1.29, 1.82) is 0 Å². The number of aliphatic hydroxyl groups is 1. The third kappa shape index (κ3) is 1.39. The van der Waals surface area contributed by atoms with Gasteiger partial charge in [-0.3, -0.25) is 9.69 Å². The first-order valence-electron chi connectivity index (χ1n) is 9.02. The number of hydrogen-bond donors (Lipinski definition) is 3. The summed E-state index contributed by atoms with van der Waals surface area (Å²) in [7, 11) is 0. The summed E-state index contributed by atoms with van der Waals surface area (Å²) in [5.41, 5.74) is 1.60. The second-order valence-electron chi connectivity index (χ2n) is 7.99. The summed E-state index contributed by atoms with van der Waals surface area (Å²) >= 11 is 0. The van der Waals surface area contributed by atoms with E-state index in [1.54, 1.807) is 0 Å². The maximum Gasteiger partial charge on any atom is 0.318 e. The van der Waals surface area contributed by atoms with Crippen molar-refractivity contribution >= 4 is 16.9 Å². The zero-order valence-corrected chi connectivity index (χ0v) is 13.7. The van der Waals surface area contributed by atoms with Crippen molar-refractivity contribution in [3.8, 4) is 0 Å². The van der Waals surface area contributed by atoms with Gasteiger partial charge in [-0.15, -0.1) is 0 Å². The number of carbonyl (C=O) groups is 1. The van der Waals surface area contributed by atoms with Gasteiger partial charge in [0.2, 0.25) is 0 Å². The van der Waals surface area contributed by atoms with E-state index < -0.39 is 23.1 Å². The summed E-state index contributed by atoms with van der Waals surface area (Å²) in [5.74, 6) is -2.75. The van der Waals surface area contributed by atoms with Crippen LogP contribution in [-0.4, -0.2) is 51.5 Å². The van der Waals surface area contributed by atoms with E-state index in [4.69, 9.17) is 4.74 Å². The molecule has 25 heavy (non-hydrogen) atoms. The third-order valence-corrected chi connectivity index (χ3v) is 7.23. The Morgan fingerprint density at radius 1 is 1.28 bits per heavy atom. The zero-order valence-electron chi connectivity index (χ0n) is 13.7. The minimum atomic E-state index is -1.35. The molecule has 2 aromatic rings. The van der Waals surface area contributed by atoms with Gasteiger partial charge in [0.25, 0.3) is 0 Å². The number of nitrogens with one attached hydrogen (secondary N) is 1. The SMILES string of the molecule is O=C(O)[C@@]12CO[C@]3(O)[C@H]4CCN(CC[C@@H]31)[C@H]4c1c2[nH]c2ccccc12. The fourth-order valence-corrected chi connectivity index (χ4v) is 6.21. The maximum absolute atomic E-state index is 12.6. The molecular formula is C19H20N2O4. The van der Waals surface area contributed by atoms with Gasteiger partial charge in [0.05, 0.1) is 6.61 Å². The lowest BCUT2D eigenvalue weighted by Gasteiger charge is -2.36. The lowest BCUT2D eigenvalue weighted by Crippen LogP contribution is -2.50. The molecule has 4 aliphatic rings. The van der Waals surface area contributed by atoms with Crippen LogP contribution < -0.4 is 0 Å². The standard InChI is InChI=1S/C19H20N2O4/c22-17(23)18-9-25-19(24)11-5-7-21(8-6-13(18)19)15(11)14-10-3-1-2-4-12(10)20-16(14)18/h1-4,11,13,15,20,24H,5-9H2,(H,22,23)/t11-,13+,15+,18-,19+/m0/s1. The van der Waals surface area contributed by atoms with E-state index in [0.717, 1.165) is 41.7 Å². The van der Waals surface area contributed by atoms with Crippen LogP contribution in [0, 0.1) is 11.8 Å². The van der Waals surface area contributed by atoms with Crippen LogP contribution in [0.4, 0.5) is 0 Å². The molecule has 0 amide bonds. The summed E-state index contributed by atoms with van der Waals surface area (Å²) in [4.78, 5) is 18.4. The molecule has 6 atom stereocenters. The smallest absolute Gasteiger partial charge is 0.318 e. The molecule has 0 radical (unpaired) electrons. The molecule has 3 N–H and O–H groups in total. The van der Waals surface area contributed by atoms with Crippen molar-refractivity contribution in [3.05, 3.63) is 35.5 Å². The normalized spacial score (nSPS) is 43.9. The Kier molecular flexibility index (Phi) is 2.43. The molecule has 130 valence electrons. The number of nitrogens with zero attached hydrogens (tertiary/aromatic N) is 1. The predicted octanol–water partition coefficient (Wildman–Crippen LogP) is 1.61. The van der Waals surface area contributed by atoms with Crippen molar-refractivity contribution < 1.29 is 19.7 Å². The van der Waals surface area contributed by atoms with E-state index in [1.807, 2.05) is 18.2 Å². The fraction of sp³-hybridized carbons (Fsp3) is 0.526. The van der Waals surface area contributed by atoms with Crippen molar-refractivity contribution in [2.24, 2.45) is 11.8 Å². The molecule has 1 unspecified atom stereocenters. The third-order valence-electron chi connectivity index (χ3n) is 7.23. The molecule has 0 spiro atoms. The van der Waals surface area contributed by atoms with Crippen LogP contribution in [-0.2, 0) is 14.9 Å². The lowest BCUT2D eigenvalue weighted by atomic mass is 9.69. The minimum absolute atomic E-state index is 0.0164. The number of carboxylic acids is 1. The highest BCUT2D eigenvalue weighted by atomic mass is 16.6. The minimum Gasteiger partial charge on any atom is -0.480 e. The summed E-state index contributed by atoms with van der Waals surface area (Å²) < 4.78 is 5.93. The van der Waals surface area contributed by atoms with E-state index in [2.05, 4.69) is 16.0 Å². The summed E-state index contributed by atoms with van der Waals surface area (Å²) in [6, 6.07) is 8.05. The Morgan fingerprint density at radius 2 is 2.08 bits per heavy atom. The highest BCUT2D eigenvalue weighted by Crippen LogP contribution is 2.63. The van der Waals surface area contributed by atoms with E-state index in [-0.39, 0.29) is 18.6 Å². The molecule has 1 aromatic carbocycles. The Balaban J connectivity index is 1.78. The zero-order chi connectivity index (χ0) is 17.0. The van der Waals surface area contributed by atoms with E-state index in [0.29, 0.717) is 6.42 Å². The number of aromatic amines is 1. The van der Waals surface area contributed by atoms with Gasteiger partial charge in [0.15, 0.2) is 5.79 Å². The largest absolute Gasteiger partial charge is 0.480 e. The number of hydrogen-bond acceptors (Lipinski definition) is 4. The molecule has 6 heteroatoms.